The molecule has 0 fully saturated rings. The van der Waals surface area contributed by atoms with Crippen LogP contribution in [-0.4, -0.2) is 73.1 Å². The van der Waals surface area contributed by atoms with Crippen molar-refractivity contribution in [3.05, 3.63) is 102 Å². The summed E-state index contributed by atoms with van der Waals surface area (Å²) in [4.78, 5) is 26.4. The number of allylic oxidation sites excluding steroid dienone is 2. The fourth-order valence-electron chi connectivity index (χ4n) is 7.76. The van der Waals surface area contributed by atoms with Gasteiger partial charge in [0.2, 0.25) is 0 Å². The molecule has 0 aliphatic carbocycles. The molecule has 0 amide bonds. The van der Waals surface area contributed by atoms with Crippen molar-refractivity contribution in [1.29, 1.82) is 0 Å². The number of alkyl halides is 17. The van der Waals surface area contributed by atoms with Crippen molar-refractivity contribution in [2.75, 3.05) is 30.5 Å². The molecule has 0 bridgehead atoms. The van der Waals surface area contributed by atoms with E-state index in [1.165, 1.54) is 48.5 Å². The van der Waals surface area contributed by atoms with E-state index in [0.29, 0.717) is 49.8 Å². The van der Waals surface area contributed by atoms with Crippen LogP contribution in [0.1, 0.15) is 163 Å². The number of anilines is 2. The molecular formula is C56H67F17N2O5. The molecule has 0 radical (unpaired) electrons. The highest BCUT2D eigenvalue weighted by Crippen LogP contribution is 2.65. The SMILES string of the molecule is CCCCCCCCOc1ccc(C(=O)/C=C\Nc2cc(OCCCCCCCC)c(C(F)(F)C(F)(F)C(F)(F)C(F)(F)C(F)(F)C(F)(F)C(F)(F)C(F)(F)F)cc2N/C=C\C(=O)c2ccc(OCCCCCCCC)cc2)cc1. The van der Waals surface area contributed by atoms with Gasteiger partial charge in [0, 0.05) is 41.7 Å². The fraction of sp³-hybridized carbons (Fsp3) is 0.571. The number of nitrogens with one attached hydrogen (secondary N) is 2. The van der Waals surface area contributed by atoms with Crippen molar-refractivity contribution in [3.8, 4) is 17.2 Å². The lowest BCUT2D eigenvalue weighted by molar-refractivity contribution is -0.462. The highest BCUT2D eigenvalue weighted by Gasteiger charge is 2.95. The predicted octanol–water partition coefficient (Wildman–Crippen LogP) is 19.0. The molecule has 0 saturated carbocycles. The lowest BCUT2D eigenvalue weighted by Gasteiger charge is -2.43. The minimum Gasteiger partial charge on any atom is -0.494 e. The van der Waals surface area contributed by atoms with Gasteiger partial charge in [-0.2, -0.15) is 74.6 Å². The van der Waals surface area contributed by atoms with Gasteiger partial charge in [0.25, 0.3) is 0 Å². The number of carbonyl (C=O) groups excluding carboxylic acids is 2. The quantitative estimate of drug-likeness (QED) is 0.0255. The van der Waals surface area contributed by atoms with Gasteiger partial charge in [-0.25, -0.2) is 0 Å². The molecule has 0 heterocycles. The number of hydrogen-bond acceptors (Lipinski definition) is 7. The van der Waals surface area contributed by atoms with Crippen LogP contribution in [0.2, 0.25) is 0 Å². The Kier molecular flexibility index (Phi) is 26.0. The molecular weight excluding hydrogens is 1100 g/mol. The topological polar surface area (TPSA) is 85.9 Å². The third-order valence-electron chi connectivity index (χ3n) is 12.7. The number of hydrogen-bond donors (Lipinski definition) is 2. The standard InChI is InChI=1S/C56H67F17N2O5/c1-4-7-10-13-16-19-34-78-41-26-22-39(23-27-41)46(76)30-32-74-44-37-43(49(57,58)50(59,60)51(61,62)52(63,64)53(65,66)54(67,68)55(69,70)56(71,72)73)48(80-36-21-18-15-12-9-6-3)38-45(44)75-33-31-47(77)40-24-28-42(29-25-40)79-35-20-17-14-11-8-5-2/h22-33,37-38,74-75H,4-21,34-36H2,1-3H3/b32-30-,33-31-. The molecule has 3 aromatic carbocycles. The molecule has 0 atom stereocenters. The molecule has 0 unspecified atom stereocenters. The van der Waals surface area contributed by atoms with Crippen molar-refractivity contribution in [1.82, 2.24) is 0 Å². The van der Waals surface area contributed by atoms with Crippen LogP contribution in [0.5, 0.6) is 17.2 Å². The maximum atomic E-state index is 16.3. The maximum absolute atomic E-state index is 16.3. The summed E-state index contributed by atoms with van der Waals surface area (Å²) >= 11 is 0. The van der Waals surface area contributed by atoms with Crippen LogP contribution in [0.4, 0.5) is 86.0 Å². The van der Waals surface area contributed by atoms with Gasteiger partial charge in [0.1, 0.15) is 17.2 Å². The molecule has 0 saturated heterocycles. The molecule has 0 spiro atoms. The van der Waals surface area contributed by atoms with Crippen molar-refractivity contribution < 1.29 is 98.4 Å². The van der Waals surface area contributed by atoms with E-state index < -0.39 is 88.5 Å². The van der Waals surface area contributed by atoms with Crippen molar-refractivity contribution in [2.45, 2.75) is 184 Å². The zero-order valence-corrected chi connectivity index (χ0v) is 44.4. The van der Waals surface area contributed by atoms with E-state index >= 15 is 26.3 Å². The van der Waals surface area contributed by atoms with Crippen LogP contribution in [0, 0.1) is 0 Å². The molecule has 0 aliphatic rings. The molecule has 80 heavy (non-hydrogen) atoms. The average Bonchev–Trinajstić information content (AvgIpc) is 3.40. The third-order valence-corrected chi connectivity index (χ3v) is 12.7. The minimum atomic E-state index is -8.83. The highest BCUT2D eigenvalue weighted by molar-refractivity contribution is 6.05. The molecule has 7 nitrogen and oxygen atoms in total. The number of rotatable bonds is 39. The van der Waals surface area contributed by atoms with Crippen molar-refractivity contribution >= 4 is 22.9 Å². The largest absolute Gasteiger partial charge is 0.494 e. The number of carbonyl (C=O) groups is 2. The lowest BCUT2D eigenvalue weighted by Crippen LogP contribution is -2.74. The van der Waals surface area contributed by atoms with E-state index in [1.807, 2.05) is 6.92 Å². The van der Waals surface area contributed by atoms with Crippen LogP contribution in [0.15, 0.2) is 85.2 Å². The summed E-state index contributed by atoms with van der Waals surface area (Å²) in [5.41, 5.74) is -4.12. The second-order valence-electron chi connectivity index (χ2n) is 19.0. The first-order chi connectivity index (χ1) is 37.4. The summed E-state index contributed by atoms with van der Waals surface area (Å²) in [6.45, 7) is 6.06. The number of unbranched alkanes of at least 4 members (excludes halogenated alkanes) is 15. The van der Waals surface area contributed by atoms with E-state index in [0.717, 1.165) is 108 Å². The van der Waals surface area contributed by atoms with E-state index in [9.17, 15) is 57.9 Å². The second kappa shape index (κ2) is 30.4. The molecule has 2 N–H and O–H groups in total. The average molecular weight is 1170 g/mol. The first kappa shape index (κ1) is 68.6. The first-order valence-electron chi connectivity index (χ1n) is 26.3. The summed E-state index contributed by atoms with van der Waals surface area (Å²) in [5.74, 6) is -60.7. The molecule has 3 rings (SSSR count). The Morgan fingerprint density at radius 2 is 0.713 bits per heavy atom. The summed E-state index contributed by atoms with van der Waals surface area (Å²) < 4.78 is 264. The highest BCUT2D eigenvalue weighted by atomic mass is 19.4. The Morgan fingerprint density at radius 1 is 0.400 bits per heavy atom. The zero-order valence-electron chi connectivity index (χ0n) is 44.4. The number of ketones is 2. The van der Waals surface area contributed by atoms with Gasteiger partial charge < -0.3 is 24.8 Å². The number of benzene rings is 3. The van der Waals surface area contributed by atoms with Crippen LogP contribution >= 0.6 is 0 Å². The Bertz CT molecular complexity index is 2430. The number of ether oxygens (including phenoxy) is 3. The van der Waals surface area contributed by atoms with Gasteiger partial charge in [-0.3, -0.25) is 9.59 Å². The van der Waals surface area contributed by atoms with Gasteiger partial charge >= 0.3 is 47.6 Å². The van der Waals surface area contributed by atoms with Gasteiger partial charge in [0.15, 0.2) is 11.6 Å². The summed E-state index contributed by atoms with van der Waals surface area (Å²) in [7, 11) is 0. The van der Waals surface area contributed by atoms with Crippen LogP contribution in [0.3, 0.4) is 0 Å². The van der Waals surface area contributed by atoms with Gasteiger partial charge in [-0.15, -0.1) is 0 Å². The van der Waals surface area contributed by atoms with Gasteiger partial charge in [0.05, 0.1) is 36.8 Å². The fourth-order valence-corrected chi connectivity index (χ4v) is 7.76. The minimum absolute atomic E-state index is 0.0176. The summed E-state index contributed by atoms with van der Waals surface area (Å²) in [5, 5.41) is 4.66. The molecule has 3 aromatic rings. The zero-order chi connectivity index (χ0) is 60.1. The molecule has 0 aromatic heterocycles. The molecule has 450 valence electrons. The van der Waals surface area contributed by atoms with Crippen LogP contribution < -0.4 is 24.8 Å². The van der Waals surface area contributed by atoms with E-state index in [-0.39, 0.29) is 30.0 Å². The van der Waals surface area contributed by atoms with Crippen molar-refractivity contribution in [3.63, 3.8) is 0 Å². The summed E-state index contributed by atoms with van der Waals surface area (Å²) in [6.07, 6.45) is 9.99. The first-order valence-corrected chi connectivity index (χ1v) is 26.3. The second-order valence-corrected chi connectivity index (χ2v) is 19.0. The number of halogens is 17. The Hall–Kier alpha value is -5.71. The van der Waals surface area contributed by atoms with E-state index in [1.54, 1.807) is 0 Å². The Labute approximate surface area is 454 Å². The van der Waals surface area contributed by atoms with E-state index in [4.69, 9.17) is 14.2 Å². The van der Waals surface area contributed by atoms with Gasteiger partial charge in [-0.1, -0.05) is 117 Å². The Morgan fingerprint density at radius 3 is 1.07 bits per heavy atom. The predicted molar refractivity (Wildman–Crippen MR) is 270 cm³/mol. The van der Waals surface area contributed by atoms with Gasteiger partial charge in [-0.05, 0) is 73.9 Å². The summed E-state index contributed by atoms with van der Waals surface area (Å²) in [6, 6.07) is 11.4. The van der Waals surface area contributed by atoms with Crippen molar-refractivity contribution in [2.24, 2.45) is 0 Å². The van der Waals surface area contributed by atoms with Crippen LogP contribution in [0.25, 0.3) is 0 Å². The molecule has 0 aliphatic heterocycles. The van der Waals surface area contributed by atoms with E-state index in [2.05, 4.69) is 24.5 Å². The monoisotopic (exact) mass is 1170 g/mol. The smallest absolute Gasteiger partial charge is 0.460 e. The maximum Gasteiger partial charge on any atom is 0.460 e. The third kappa shape index (κ3) is 17.2. The normalized spacial score (nSPS) is 13.3. The van der Waals surface area contributed by atoms with Crippen LogP contribution in [-0.2, 0) is 5.92 Å². The lowest BCUT2D eigenvalue weighted by atomic mass is 9.86. The molecule has 24 heteroatoms. The Balaban J connectivity index is 2.12.